The van der Waals surface area contributed by atoms with Gasteiger partial charge in [0.05, 0.1) is 0 Å². The minimum atomic E-state index is -0.238. The summed E-state index contributed by atoms with van der Waals surface area (Å²) in [4.78, 5) is 10.1. The van der Waals surface area contributed by atoms with Crippen molar-refractivity contribution >= 4 is 5.91 Å². The van der Waals surface area contributed by atoms with Crippen molar-refractivity contribution in [3.05, 3.63) is 0 Å². The van der Waals surface area contributed by atoms with Crippen molar-refractivity contribution in [1.82, 2.24) is 0 Å². The molecule has 0 heterocycles. The van der Waals surface area contributed by atoms with Crippen LogP contribution in [0, 0.1) is 0 Å². The summed E-state index contributed by atoms with van der Waals surface area (Å²) in [5.74, 6) is -0.238. The molecule has 0 saturated heterocycles. The molecule has 1 amide bonds. The van der Waals surface area contributed by atoms with Crippen LogP contribution in [0.25, 0.3) is 0 Å². The lowest BCUT2D eigenvalue weighted by atomic mass is 10.2. The van der Waals surface area contributed by atoms with Crippen LogP contribution in [0.15, 0.2) is 0 Å². The Labute approximate surface area is 50.5 Å². The van der Waals surface area contributed by atoms with Crippen molar-refractivity contribution in [3.63, 3.8) is 0 Å². The zero-order valence-electron chi connectivity index (χ0n) is 4.89. The molecule has 0 aliphatic carbocycles. The van der Waals surface area contributed by atoms with E-state index in [1.165, 1.54) is 0 Å². The summed E-state index contributed by atoms with van der Waals surface area (Å²) >= 11 is 0. The molecule has 0 saturated carbocycles. The summed E-state index contributed by atoms with van der Waals surface area (Å²) in [7, 11) is 0. The number of carbonyl (C=O) groups excluding carboxylic acids is 1. The Morgan fingerprint density at radius 1 is 1.50 bits per heavy atom. The number of nitrogens with two attached hydrogens (primary N) is 2. The van der Waals surface area contributed by atoms with Gasteiger partial charge < -0.3 is 11.5 Å². The molecule has 50 valence electrons. The molecule has 0 rings (SSSR count). The molecule has 4 N–H and O–H groups in total. The number of rotatable bonds is 4. The summed E-state index contributed by atoms with van der Waals surface area (Å²) in [6.45, 7) is 0.646. The molecule has 0 radical (unpaired) electrons. The Morgan fingerprint density at radius 3 is 2.50 bits per heavy atom. The van der Waals surface area contributed by atoms with Crippen molar-refractivity contribution in [2.45, 2.75) is 19.3 Å². The minimum Gasteiger partial charge on any atom is -0.370 e. The van der Waals surface area contributed by atoms with Gasteiger partial charge in [-0.3, -0.25) is 4.79 Å². The Balaban J connectivity index is 0. The van der Waals surface area contributed by atoms with Gasteiger partial charge in [0.2, 0.25) is 5.91 Å². The highest BCUT2D eigenvalue weighted by atomic mass is 16.1. The first-order valence-corrected chi connectivity index (χ1v) is 2.75. The maximum atomic E-state index is 10.1. The second-order valence-corrected chi connectivity index (χ2v) is 1.71. The number of hydrogen-bond acceptors (Lipinski definition) is 2. The van der Waals surface area contributed by atoms with Crippen LogP contribution in [0.5, 0.6) is 0 Å². The van der Waals surface area contributed by atoms with Gasteiger partial charge in [0.15, 0.2) is 0 Å². The van der Waals surface area contributed by atoms with E-state index in [2.05, 4.69) is 0 Å². The third-order valence-corrected chi connectivity index (χ3v) is 0.877. The predicted octanol–water partition coefficient (Wildman–Crippen LogP) is -0.153. The molecule has 0 aromatic carbocycles. The van der Waals surface area contributed by atoms with Gasteiger partial charge in [-0.1, -0.05) is 0 Å². The van der Waals surface area contributed by atoms with Crippen molar-refractivity contribution in [1.29, 1.82) is 0 Å². The third kappa shape index (κ3) is 5.43. The van der Waals surface area contributed by atoms with Crippen LogP contribution >= 0.6 is 0 Å². The van der Waals surface area contributed by atoms with Crippen LogP contribution in [0.3, 0.4) is 0 Å². The number of hydrogen-bond donors (Lipinski definition) is 2. The summed E-state index contributed by atoms with van der Waals surface area (Å²) in [5, 5.41) is 0. The first kappa shape index (κ1) is 7.43. The topological polar surface area (TPSA) is 69.1 Å². The van der Waals surface area contributed by atoms with E-state index in [0.717, 1.165) is 12.8 Å². The summed E-state index contributed by atoms with van der Waals surface area (Å²) in [5.41, 5.74) is 10.0. The van der Waals surface area contributed by atoms with Crippen LogP contribution in [0.1, 0.15) is 20.7 Å². The van der Waals surface area contributed by atoms with Gasteiger partial charge in [-0.25, -0.2) is 0 Å². The molecule has 3 heteroatoms. The van der Waals surface area contributed by atoms with Crippen LogP contribution < -0.4 is 11.5 Å². The van der Waals surface area contributed by atoms with E-state index >= 15 is 0 Å². The van der Waals surface area contributed by atoms with Gasteiger partial charge in [0, 0.05) is 7.85 Å². The Kier molecular flexibility index (Phi) is 4.26. The molecule has 0 aromatic heterocycles. The monoisotopic (exact) mass is 118 g/mol. The van der Waals surface area contributed by atoms with E-state index in [1.54, 1.807) is 0 Å². The summed E-state index contributed by atoms with van der Waals surface area (Å²) < 4.78 is 0. The van der Waals surface area contributed by atoms with Crippen LogP contribution in [-0.4, -0.2) is 12.5 Å². The summed E-state index contributed by atoms with van der Waals surface area (Å²) in [6.07, 6.45) is 2.19. The number of primary amides is 1. The predicted molar refractivity (Wildman–Crippen MR) is 34.2 cm³/mol. The van der Waals surface area contributed by atoms with E-state index < -0.39 is 0 Å². The Bertz CT molecular complexity index is 77.4. The van der Waals surface area contributed by atoms with E-state index in [1.807, 2.05) is 0 Å². The van der Waals surface area contributed by atoms with Crippen molar-refractivity contribution < 1.29 is 6.22 Å². The maximum absolute atomic E-state index is 10.1. The first-order valence-electron chi connectivity index (χ1n) is 2.75. The highest BCUT2D eigenvalue weighted by Crippen LogP contribution is 1.89. The van der Waals surface area contributed by atoms with Gasteiger partial charge in [-0.05, 0) is 19.4 Å². The second-order valence-electron chi connectivity index (χ2n) is 1.71. The van der Waals surface area contributed by atoms with Gasteiger partial charge in [0.25, 0.3) is 0 Å². The molecule has 3 nitrogen and oxygen atoms in total. The number of amides is 1. The smallest absolute Gasteiger partial charge is 0.217 e. The van der Waals surface area contributed by atoms with Crippen LogP contribution in [-0.2, 0) is 4.79 Å². The lowest BCUT2D eigenvalue weighted by Gasteiger charge is -1.90. The fourth-order valence-electron chi connectivity index (χ4n) is 0.444. The van der Waals surface area contributed by atoms with Crippen molar-refractivity contribution in [2.24, 2.45) is 11.5 Å². The van der Waals surface area contributed by atoms with Gasteiger partial charge in [-0.15, -0.1) is 0 Å². The van der Waals surface area contributed by atoms with Gasteiger partial charge in [-0.2, -0.15) is 0 Å². The molecule has 0 atom stereocenters. The number of unbranched alkanes of at least 4 members (excludes halogenated alkanes) is 1. The van der Waals surface area contributed by atoms with E-state index in [4.69, 9.17) is 11.5 Å². The fourth-order valence-corrected chi connectivity index (χ4v) is 0.444. The Hall–Kier alpha value is -0.570. The van der Waals surface area contributed by atoms with E-state index in [9.17, 15) is 4.79 Å². The SMILES string of the molecule is NCCCCC(N)=O.[HH]. The van der Waals surface area contributed by atoms with Crippen LogP contribution in [0.2, 0.25) is 0 Å². The molecule has 0 spiro atoms. The molecular formula is C5H14N2O. The highest BCUT2D eigenvalue weighted by Gasteiger charge is 1.90. The van der Waals surface area contributed by atoms with E-state index in [0.29, 0.717) is 13.0 Å². The third-order valence-electron chi connectivity index (χ3n) is 0.877. The average molecular weight is 118 g/mol. The van der Waals surface area contributed by atoms with Crippen LogP contribution in [0.4, 0.5) is 0 Å². The standard InChI is InChI=1S/C5H12N2O.H2/c6-4-2-1-3-5(7)8;/h1-4,6H2,(H2,7,8);1H. The second kappa shape index (κ2) is 4.59. The fraction of sp³-hybridized carbons (Fsp3) is 0.800. The minimum absolute atomic E-state index is 0. The zero-order chi connectivity index (χ0) is 6.41. The van der Waals surface area contributed by atoms with E-state index in [-0.39, 0.29) is 7.33 Å². The molecule has 0 aliphatic rings. The lowest BCUT2D eigenvalue weighted by molar-refractivity contribution is -0.118. The summed E-state index contributed by atoms with van der Waals surface area (Å²) in [6, 6.07) is 0. The molecular weight excluding hydrogens is 104 g/mol. The van der Waals surface area contributed by atoms with Crippen molar-refractivity contribution in [3.8, 4) is 0 Å². The molecule has 8 heavy (non-hydrogen) atoms. The molecule has 0 aromatic rings. The quantitative estimate of drug-likeness (QED) is 0.504. The largest absolute Gasteiger partial charge is 0.370 e. The normalized spacial score (nSPS) is 9.12. The molecule has 0 fully saturated rings. The molecule has 0 unspecified atom stereocenters. The molecule has 0 bridgehead atoms. The number of carbonyl (C=O) groups is 1. The van der Waals surface area contributed by atoms with Gasteiger partial charge >= 0.3 is 0 Å². The lowest BCUT2D eigenvalue weighted by Crippen LogP contribution is -2.10. The molecule has 0 aliphatic heterocycles. The van der Waals surface area contributed by atoms with Crippen molar-refractivity contribution in [2.75, 3.05) is 6.54 Å². The Morgan fingerprint density at radius 2 is 2.12 bits per heavy atom. The van der Waals surface area contributed by atoms with Gasteiger partial charge in [0.1, 0.15) is 0 Å². The zero-order valence-corrected chi connectivity index (χ0v) is 4.89. The maximum Gasteiger partial charge on any atom is 0.217 e. The highest BCUT2D eigenvalue weighted by molar-refractivity contribution is 5.73. The average Bonchev–Trinajstić information content (AvgIpc) is 1.66. The first-order chi connectivity index (χ1) is 3.77.